The first-order valence-corrected chi connectivity index (χ1v) is 7.13. The van der Waals surface area contributed by atoms with Crippen molar-refractivity contribution in [3.63, 3.8) is 0 Å². The third kappa shape index (κ3) is 4.56. The van der Waals surface area contributed by atoms with Crippen molar-refractivity contribution in [3.8, 4) is 0 Å². The molecule has 1 aromatic carbocycles. The molecule has 0 bridgehead atoms. The van der Waals surface area contributed by atoms with E-state index in [2.05, 4.69) is 61.6 Å². The molecule has 1 aromatic heterocycles. The molecule has 102 valence electrons. The van der Waals surface area contributed by atoms with Crippen LogP contribution in [0.4, 0.5) is 0 Å². The smallest absolute Gasteiger partial charge is 0.117 e. The molecule has 2 rings (SSSR count). The van der Waals surface area contributed by atoms with Crippen molar-refractivity contribution in [2.75, 3.05) is 0 Å². The fraction of sp³-hybridized carbons (Fsp3) is 0.412. The normalized spacial score (nSPS) is 12.5. The van der Waals surface area contributed by atoms with Gasteiger partial charge in [0.1, 0.15) is 11.5 Å². The van der Waals surface area contributed by atoms with E-state index in [0.717, 1.165) is 37.3 Å². The molecule has 1 N–H and O–H groups in total. The first-order valence-electron chi connectivity index (χ1n) is 7.13. The SMILES string of the molecule is CCc1ccc(CNC(C)CCc2ccccc2)o1. The molecule has 0 saturated carbocycles. The number of hydrogen-bond donors (Lipinski definition) is 1. The second kappa shape index (κ2) is 7.15. The maximum Gasteiger partial charge on any atom is 0.117 e. The highest BCUT2D eigenvalue weighted by molar-refractivity contribution is 5.14. The molecule has 0 aliphatic rings. The van der Waals surface area contributed by atoms with Crippen LogP contribution in [0.2, 0.25) is 0 Å². The summed E-state index contributed by atoms with van der Waals surface area (Å²) < 4.78 is 5.68. The molecule has 0 fully saturated rings. The number of nitrogens with one attached hydrogen (secondary N) is 1. The Labute approximate surface area is 115 Å². The minimum atomic E-state index is 0.496. The Balaban J connectivity index is 1.71. The molecule has 0 amide bonds. The highest BCUT2D eigenvalue weighted by atomic mass is 16.3. The van der Waals surface area contributed by atoms with E-state index < -0.39 is 0 Å². The molecule has 0 radical (unpaired) electrons. The van der Waals surface area contributed by atoms with Gasteiger partial charge in [0, 0.05) is 12.5 Å². The summed E-state index contributed by atoms with van der Waals surface area (Å²) in [5.41, 5.74) is 1.41. The van der Waals surface area contributed by atoms with E-state index in [-0.39, 0.29) is 0 Å². The van der Waals surface area contributed by atoms with E-state index >= 15 is 0 Å². The molecule has 2 nitrogen and oxygen atoms in total. The van der Waals surface area contributed by atoms with Crippen LogP contribution in [0.25, 0.3) is 0 Å². The highest BCUT2D eigenvalue weighted by Crippen LogP contribution is 2.09. The van der Waals surface area contributed by atoms with Gasteiger partial charge in [-0.1, -0.05) is 37.3 Å². The monoisotopic (exact) mass is 257 g/mol. The number of aryl methyl sites for hydroxylation is 2. The molecule has 19 heavy (non-hydrogen) atoms. The minimum Gasteiger partial charge on any atom is -0.465 e. The third-order valence-electron chi connectivity index (χ3n) is 3.40. The molecule has 0 aliphatic carbocycles. The van der Waals surface area contributed by atoms with Gasteiger partial charge in [0.15, 0.2) is 0 Å². The van der Waals surface area contributed by atoms with E-state index in [1.165, 1.54) is 5.56 Å². The number of benzene rings is 1. The summed E-state index contributed by atoms with van der Waals surface area (Å²) in [5.74, 6) is 2.09. The van der Waals surface area contributed by atoms with Gasteiger partial charge in [-0.3, -0.25) is 0 Å². The van der Waals surface area contributed by atoms with Crippen molar-refractivity contribution < 1.29 is 4.42 Å². The first kappa shape index (κ1) is 13.9. The molecule has 0 spiro atoms. The number of furan rings is 1. The maximum atomic E-state index is 5.68. The van der Waals surface area contributed by atoms with Crippen LogP contribution in [0.5, 0.6) is 0 Å². The largest absolute Gasteiger partial charge is 0.465 e. The fourth-order valence-corrected chi connectivity index (χ4v) is 2.11. The molecule has 0 aliphatic heterocycles. The number of hydrogen-bond acceptors (Lipinski definition) is 2. The molecule has 1 atom stereocenters. The standard InChI is InChI=1S/C17H23NO/c1-3-16-11-12-17(19-16)13-18-14(2)9-10-15-7-5-4-6-8-15/h4-8,11-12,14,18H,3,9-10,13H2,1-2H3. The van der Waals surface area contributed by atoms with Gasteiger partial charge >= 0.3 is 0 Å². The summed E-state index contributed by atoms with van der Waals surface area (Å²) in [4.78, 5) is 0. The Bertz CT molecular complexity index is 475. The Hall–Kier alpha value is -1.54. The zero-order valence-corrected chi connectivity index (χ0v) is 11.9. The van der Waals surface area contributed by atoms with Crippen LogP contribution >= 0.6 is 0 Å². The third-order valence-corrected chi connectivity index (χ3v) is 3.40. The summed E-state index contributed by atoms with van der Waals surface area (Å²) in [6, 6.07) is 15.3. The molecule has 2 heteroatoms. The second-order valence-corrected chi connectivity index (χ2v) is 5.03. The van der Waals surface area contributed by atoms with Crippen LogP contribution in [0.3, 0.4) is 0 Å². The lowest BCUT2D eigenvalue weighted by molar-refractivity contribution is 0.424. The lowest BCUT2D eigenvalue weighted by Crippen LogP contribution is -2.25. The van der Waals surface area contributed by atoms with Gasteiger partial charge in [-0.2, -0.15) is 0 Å². The zero-order chi connectivity index (χ0) is 13.5. The van der Waals surface area contributed by atoms with Crippen molar-refractivity contribution in [2.24, 2.45) is 0 Å². The van der Waals surface area contributed by atoms with Crippen LogP contribution in [0.1, 0.15) is 37.4 Å². The van der Waals surface area contributed by atoms with Crippen molar-refractivity contribution in [1.29, 1.82) is 0 Å². The molecule has 1 unspecified atom stereocenters. The van der Waals surface area contributed by atoms with Crippen molar-refractivity contribution in [2.45, 2.75) is 45.7 Å². The average Bonchev–Trinajstić information content (AvgIpc) is 2.92. The lowest BCUT2D eigenvalue weighted by atomic mass is 10.1. The van der Waals surface area contributed by atoms with E-state index in [4.69, 9.17) is 4.42 Å². The summed E-state index contributed by atoms with van der Waals surface area (Å²) in [5, 5.41) is 3.51. The van der Waals surface area contributed by atoms with E-state index in [0.29, 0.717) is 6.04 Å². The molecule has 0 saturated heterocycles. The van der Waals surface area contributed by atoms with Crippen molar-refractivity contribution >= 4 is 0 Å². The maximum absolute atomic E-state index is 5.68. The van der Waals surface area contributed by atoms with Crippen molar-refractivity contribution in [1.82, 2.24) is 5.32 Å². The van der Waals surface area contributed by atoms with Crippen LogP contribution in [-0.2, 0) is 19.4 Å². The second-order valence-electron chi connectivity index (χ2n) is 5.03. The van der Waals surface area contributed by atoms with Crippen LogP contribution in [-0.4, -0.2) is 6.04 Å². The van der Waals surface area contributed by atoms with Crippen LogP contribution < -0.4 is 5.32 Å². The fourth-order valence-electron chi connectivity index (χ4n) is 2.11. The molecular weight excluding hydrogens is 234 g/mol. The van der Waals surface area contributed by atoms with E-state index in [1.807, 2.05) is 0 Å². The van der Waals surface area contributed by atoms with Gasteiger partial charge in [0.2, 0.25) is 0 Å². The van der Waals surface area contributed by atoms with Gasteiger partial charge in [0.25, 0.3) is 0 Å². The van der Waals surface area contributed by atoms with Gasteiger partial charge < -0.3 is 9.73 Å². The summed E-state index contributed by atoms with van der Waals surface area (Å²) in [6.45, 7) is 5.15. The van der Waals surface area contributed by atoms with E-state index in [1.54, 1.807) is 0 Å². The van der Waals surface area contributed by atoms with Gasteiger partial charge in [0.05, 0.1) is 6.54 Å². The Morgan fingerprint density at radius 2 is 1.79 bits per heavy atom. The quantitative estimate of drug-likeness (QED) is 0.812. The molecule has 1 heterocycles. The number of rotatable bonds is 7. The average molecular weight is 257 g/mol. The Morgan fingerprint density at radius 1 is 1.05 bits per heavy atom. The van der Waals surface area contributed by atoms with Crippen LogP contribution in [0.15, 0.2) is 46.9 Å². The zero-order valence-electron chi connectivity index (χ0n) is 11.9. The van der Waals surface area contributed by atoms with Crippen molar-refractivity contribution in [3.05, 3.63) is 59.5 Å². The van der Waals surface area contributed by atoms with E-state index in [9.17, 15) is 0 Å². The first-order chi connectivity index (χ1) is 9.28. The lowest BCUT2D eigenvalue weighted by Gasteiger charge is -2.12. The predicted molar refractivity (Wildman–Crippen MR) is 79.2 cm³/mol. The highest BCUT2D eigenvalue weighted by Gasteiger charge is 2.04. The van der Waals surface area contributed by atoms with Gasteiger partial charge in [-0.25, -0.2) is 0 Å². The Kier molecular flexibility index (Phi) is 5.22. The van der Waals surface area contributed by atoms with Gasteiger partial charge in [-0.05, 0) is 37.5 Å². The van der Waals surface area contributed by atoms with Gasteiger partial charge in [-0.15, -0.1) is 0 Å². The summed E-state index contributed by atoms with van der Waals surface area (Å²) >= 11 is 0. The summed E-state index contributed by atoms with van der Waals surface area (Å²) in [6.07, 6.45) is 3.22. The summed E-state index contributed by atoms with van der Waals surface area (Å²) in [7, 11) is 0. The van der Waals surface area contributed by atoms with Crippen LogP contribution in [0, 0.1) is 0 Å². The topological polar surface area (TPSA) is 25.2 Å². The predicted octanol–water partition coefficient (Wildman–Crippen LogP) is 3.95. The Morgan fingerprint density at radius 3 is 2.47 bits per heavy atom. The molecule has 2 aromatic rings. The molecular formula is C17H23NO. The minimum absolute atomic E-state index is 0.496.